The summed E-state index contributed by atoms with van der Waals surface area (Å²) in [5.74, 6) is 1.73. The van der Waals surface area contributed by atoms with Crippen LogP contribution in [0.4, 0.5) is 14.4 Å². The van der Waals surface area contributed by atoms with Crippen molar-refractivity contribution in [2.45, 2.75) is 40.8 Å². The molecule has 56 heavy (non-hydrogen) atoms. The summed E-state index contributed by atoms with van der Waals surface area (Å²) in [7, 11) is 0.268. The van der Waals surface area contributed by atoms with Crippen molar-refractivity contribution in [2.24, 2.45) is 9.98 Å². The molecule has 7 nitrogen and oxygen atoms in total. The molecule has 0 spiro atoms. The highest BCUT2D eigenvalue weighted by Crippen LogP contribution is 2.48. The Morgan fingerprint density at radius 1 is 0.643 bits per heavy atom. The summed E-state index contributed by atoms with van der Waals surface area (Å²) in [5.41, 5.74) is 7.50. The molecule has 0 unspecified atom stereocenters. The lowest BCUT2D eigenvalue weighted by Crippen LogP contribution is -2.22. The second-order valence-corrected chi connectivity index (χ2v) is 15.0. The fraction of sp³-hybridized carbons (Fsp3) is 0.273. The predicted octanol–water partition coefficient (Wildman–Crippen LogP) is 11.4. The number of benzene rings is 4. The quantitative estimate of drug-likeness (QED) is 0.0927. The molecule has 0 amide bonds. The minimum absolute atomic E-state index is 0.0832. The molecule has 0 aliphatic carbocycles. The number of hydrogen-bond donors (Lipinski definition) is 0. The van der Waals surface area contributed by atoms with Crippen LogP contribution in [-0.2, 0) is 13.1 Å². The zero-order valence-corrected chi connectivity index (χ0v) is 35.8. The summed E-state index contributed by atoms with van der Waals surface area (Å²) in [6.45, 7) is 14.0. The second-order valence-electron chi connectivity index (χ2n) is 13.4. The molecule has 0 saturated heterocycles. The third kappa shape index (κ3) is 8.78. The second kappa shape index (κ2) is 18.7. The Morgan fingerprint density at radius 2 is 1.09 bits per heavy atom. The molecule has 4 aromatic carbocycles. The number of aromatic nitrogens is 1. The maximum absolute atomic E-state index is 15.7. The topological polar surface area (TPSA) is 54.6 Å². The van der Waals surface area contributed by atoms with Crippen molar-refractivity contribution in [3.05, 3.63) is 128 Å². The Hall–Kier alpha value is -4.36. The van der Waals surface area contributed by atoms with E-state index in [1.807, 2.05) is 36.4 Å². The molecule has 0 fully saturated rings. The number of methoxy groups -OCH3 is 2. The minimum Gasteiger partial charge on any atom is -0.497 e. The van der Waals surface area contributed by atoms with Crippen LogP contribution in [0.2, 0.25) is 0 Å². The molecule has 2 heterocycles. The Bertz CT molecular complexity index is 2210. The first kappa shape index (κ1) is 41.3. The largest absolute Gasteiger partial charge is 0.679 e. The number of halogens is 4. The number of aliphatic imine (C=N–C) groups is 2. The highest BCUT2D eigenvalue weighted by Gasteiger charge is 2.34. The maximum atomic E-state index is 15.7. The number of rotatable bonds is 16. The van der Waals surface area contributed by atoms with Crippen LogP contribution in [0.1, 0.15) is 49.9 Å². The third-order valence-corrected chi connectivity index (χ3v) is 11.8. The lowest BCUT2D eigenvalue weighted by atomic mass is 10.0. The summed E-state index contributed by atoms with van der Waals surface area (Å²) < 4.78 is 44.4. The molecule has 6 rings (SSSR count). The molecule has 0 radical (unpaired) electrons. The summed E-state index contributed by atoms with van der Waals surface area (Å²) >= 11 is 7.68. The zero-order chi connectivity index (χ0) is 39.9. The van der Waals surface area contributed by atoms with Crippen LogP contribution < -0.4 is 9.47 Å². The van der Waals surface area contributed by atoms with Gasteiger partial charge in [0.2, 0.25) is 0 Å². The van der Waals surface area contributed by atoms with Crippen molar-refractivity contribution in [1.29, 1.82) is 0 Å². The first-order valence-electron chi connectivity index (χ1n) is 18.9. The fourth-order valence-electron chi connectivity index (χ4n) is 6.89. The lowest BCUT2D eigenvalue weighted by Gasteiger charge is -2.18. The van der Waals surface area contributed by atoms with Crippen LogP contribution in [0.5, 0.6) is 11.5 Å². The molecule has 0 N–H and O–H groups in total. The van der Waals surface area contributed by atoms with Crippen molar-refractivity contribution in [1.82, 2.24) is 14.3 Å². The van der Waals surface area contributed by atoms with Gasteiger partial charge in [-0.2, -0.15) is 0 Å². The first-order chi connectivity index (χ1) is 27.1. The molecular weight excluding hydrogens is 839 g/mol. The van der Waals surface area contributed by atoms with Crippen LogP contribution in [0.3, 0.4) is 0 Å². The van der Waals surface area contributed by atoms with E-state index in [9.17, 15) is 0 Å². The minimum atomic E-state index is -2.93. The predicted molar refractivity (Wildman–Crippen MR) is 235 cm³/mol. The molecule has 0 bridgehead atoms. The molecule has 1 aliphatic heterocycles. The van der Waals surface area contributed by atoms with Crippen LogP contribution in [0.15, 0.2) is 116 Å². The highest BCUT2D eigenvalue weighted by atomic mass is 79.9. The van der Waals surface area contributed by atoms with E-state index in [1.165, 1.54) is 5.56 Å². The van der Waals surface area contributed by atoms with Gasteiger partial charge in [0.05, 0.1) is 34.6 Å². The molecule has 0 saturated carbocycles. The van der Waals surface area contributed by atoms with Gasteiger partial charge < -0.3 is 14.0 Å². The van der Waals surface area contributed by atoms with E-state index in [0.29, 0.717) is 54.4 Å². The molecule has 5 aromatic rings. The van der Waals surface area contributed by atoms with Gasteiger partial charge in [0.15, 0.2) is 5.84 Å². The van der Waals surface area contributed by atoms with E-state index >= 15 is 8.63 Å². The number of hydrogen-bond acceptors (Lipinski definition) is 5. The van der Waals surface area contributed by atoms with E-state index in [2.05, 4.69) is 106 Å². The van der Waals surface area contributed by atoms with Crippen molar-refractivity contribution < 1.29 is 18.1 Å². The van der Waals surface area contributed by atoms with Crippen LogP contribution in [-0.4, -0.2) is 73.6 Å². The van der Waals surface area contributed by atoms with Gasteiger partial charge in [0, 0.05) is 29.8 Å². The number of nitrogens with zero attached hydrogens (tertiary/aromatic N) is 5. The monoisotopic (exact) mass is 883 g/mol. The van der Waals surface area contributed by atoms with E-state index in [-0.39, 0.29) is 5.82 Å². The normalized spacial score (nSPS) is 13.6. The van der Waals surface area contributed by atoms with Crippen molar-refractivity contribution in [3.8, 4) is 33.9 Å². The van der Waals surface area contributed by atoms with Gasteiger partial charge in [-0.3, -0.25) is 18.4 Å². The smallest absolute Gasteiger partial charge is 0.497 e. The number of allylic oxidation sites excluding steroid dienone is 1. The van der Waals surface area contributed by atoms with Crippen molar-refractivity contribution in [3.63, 3.8) is 0 Å². The Morgan fingerprint density at radius 3 is 1.54 bits per heavy atom. The number of ether oxygens (including phenoxy) is 2. The molecule has 1 aromatic heterocycles. The Labute approximate surface area is 346 Å². The van der Waals surface area contributed by atoms with E-state index in [0.717, 1.165) is 66.0 Å². The van der Waals surface area contributed by atoms with Crippen molar-refractivity contribution >= 4 is 62.2 Å². The first-order valence-corrected chi connectivity index (χ1v) is 20.4. The Kier molecular flexibility index (Phi) is 13.8. The van der Waals surface area contributed by atoms with Gasteiger partial charge in [-0.05, 0) is 134 Å². The average molecular weight is 886 g/mol. The molecule has 12 heteroatoms. The molecular formula is C44H46BBr2F2N5O2. The van der Waals surface area contributed by atoms with Gasteiger partial charge in [0.1, 0.15) is 17.3 Å². The van der Waals surface area contributed by atoms with Crippen LogP contribution >= 0.6 is 31.9 Å². The highest BCUT2D eigenvalue weighted by molar-refractivity contribution is 9.12. The van der Waals surface area contributed by atoms with Gasteiger partial charge in [0.25, 0.3) is 0 Å². The van der Waals surface area contributed by atoms with Crippen molar-refractivity contribution in [2.75, 3.05) is 40.4 Å². The lowest BCUT2D eigenvalue weighted by molar-refractivity contribution is 0.296. The van der Waals surface area contributed by atoms with E-state index in [4.69, 9.17) is 19.5 Å². The summed E-state index contributed by atoms with van der Waals surface area (Å²) in [6, 6.07) is 31.1. The average Bonchev–Trinajstić information content (AvgIpc) is 3.71. The Balaban J connectivity index is 1.58. The van der Waals surface area contributed by atoms with Gasteiger partial charge in [-0.15, -0.1) is 0 Å². The van der Waals surface area contributed by atoms with Gasteiger partial charge >= 0.3 is 7.40 Å². The molecule has 1 aliphatic rings. The summed E-state index contributed by atoms with van der Waals surface area (Å²) in [5, 5.41) is 0. The third-order valence-electron chi connectivity index (χ3n) is 10.2. The molecule has 290 valence electrons. The number of amidine groups is 1. The van der Waals surface area contributed by atoms with E-state index < -0.39 is 7.40 Å². The van der Waals surface area contributed by atoms with E-state index in [1.54, 1.807) is 38.5 Å². The van der Waals surface area contributed by atoms with Crippen LogP contribution in [0, 0.1) is 0 Å². The van der Waals surface area contributed by atoms with Gasteiger partial charge in [-0.25, -0.2) is 9.98 Å². The summed E-state index contributed by atoms with van der Waals surface area (Å²) in [4.78, 5) is 14.9. The van der Waals surface area contributed by atoms with Gasteiger partial charge in [-0.1, -0.05) is 76.2 Å². The van der Waals surface area contributed by atoms with Crippen LogP contribution in [0.25, 0.3) is 28.0 Å². The standard InChI is InChI=1S/C44H46BBr2F2N5O2/c1-7-52(8-2)27-29-11-15-31(16-12-29)37-39(46)41(33-19-23-35(55-5)24-20-33)50-43(37)51-44-38(32-17-13-30(14-18-32)28-53(9-3)10-4)40(47)42(54(44)45(48)49)34-21-25-36(56-6)26-22-34/h11-26H,7-10,27-28H2,1-6H3/b51-43-. The maximum Gasteiger partial charge on any atom is 0.679 e. The SMILES string of the molecule is CCN(CC)Cc1ccc(C2=C(Br)C(c3ccc(OC)cc3)=N/C2=N\c2c(-c3ccc(CN(CC)CC)cc3)c(Br)c(-c3ccc(OC)cc3)n2B(F)F)cc1. The summed E-state index contributed by atoms with van der Waals surface area (Å²) in [6.07, 6.45) is 0. The fourth-order valence-corrected chi connectivity index (χ4v) is 8.44. The molecule has 0 atom stereocenters. The zero-order valence-electron chi connectivity index (χ0n) is 32.6.